The SMILES string of the molecule is CC(C)(C)c1cc(/C=C2\C(=O)NC(=O)N(c3cccc(F)c3)C2=O)cc(C(C)(C)C)c1O. The molecule has 1 saturated heterocycles. The zero-order chi connectivity index (χ0) is 24.0. The minimum absolute atomic E-state index is 0.0161. The number of phenolic OH excluding ortho intramolecular Hbond substituents is 1. The third-order valence-electron chi connectivity index (χ3n) is 5.23. The van der Waals surface area contributed by atoms with Gasteiger partial charge in [-0.05, 0) is 52.8 Å². The maximum atomic E-state index is 13.7. The molecule has 0 atom stereocenters. The fraction of sp³-hybridized carbons (Fsp3) is 0.320. The topological polar surface area (TPSA) is 86.7 Å². The lowest BCUT2D eigenvalue weighted by atomic mass is 9.78. The molecular formula is C25H27FN2O4. The van der Waals surface area contributed by atoms with Crippen LogP contribution in [0.25, 0.3) is 6.08 Å². The number of amides is 4. The van der Waals surface area contributed by atoms with Crippen LogP contribution in [0, 0.1) is 5.82 Å². The number of rotatable bonds is 2. The molecule has 1 aliphatic heterocycles. The summed E-state index contributed by atoms with van der Waals surface area (Å²) < 4.78 is 13.7. The number of phenols is 1. The second-order valence-corrected chi connectivity index (χ2v) is 9.90. The summed E-state index contributed by atoms with van der Waals surface area (Å²) in [5.41, 5.74) is 0.811. The van der Waals surface area contributed by atoms with E-state index in [1.807, 2.05) is 41.5 Å². The molecule has 2 N–H and O–H groups in total. The quantitative estimate of drug-likeness (QED) is 0.521. The predicted octanol–water partition coefficient (Wildman–Crippen LogP) is 4.79. The number of aromatic hydroxyl groups is 1. The molecule has 2 aromatic rings. The lowest BCUT2D eigenvalue weighted by Gasteiger charge is -2.28. The summed E-state index contributed by atoms with van der Waals surface area (Å²) in [7, 11) is 0. The van der Waals surface area contributed by atoms with Crippen LogP contribution in [0.1, 0.15) is 58.2 Å². The second kappa shape index (κ2) is 7.89. The molecule has 1 heterocycles. The van der Waals surface area contributed by atoms with E-state index in [0.29, 0.717) is 16.7 Å². The number of hydrogen-bond acceptors (Lipinski definition) is 4. The van der Waals surface area contributed by atoms with Crippen LogP contribution in [0.15, 0.2) is 42.0 Å². The third kappa shape index (κ3) is 4.42. The zero-order valence-corrected chi connectivity index (χ0v) is 19.0. The van der Waals surface area contributed by atoms with Gasteiger partial charge in [0.1, 0.15) is 17.1 Å². The average Bonchev–Trinajstić information content (AvgIpc) is 2.64. The van der Waals surface area contributed by atoms with E-state index in [-0.39, 0.29) is 17.0 Å². The largest absolute Gasteiger partial charge is 0.507 e. The van der Waals surface area contributed by atoms with Gasteiger partial charge >= 0.3 is 6.03 Å². The predicted molar refractivity (Wildman–Crippen MR) is 121 cm³/mol. The van der Waals surface area contributed by atoms with E-state index in [4.69, 9.17) is 0 Å². The number of hydrogen-bond donors (Lipinski definition) is 2. The molecule has 0 aliphatic carbocycles. The van der Waals surface area contributed by atoms with Gasteiger partial charge in [0.25, 0.3) is 11.8 Å². The Bertz CT molecular complexity index is 1120. The van der Waals surface area contributed by atoms with Crippen LogP contribution in [-0.4, -0.2) is 23.0 Å². The van der Waals surface area contributed by atoms with E-state index in [9.17, 15) is 23.9 Å². The Labute approximate surface area is 186 Å². The number of anilines is 1. The highest BCUT2D eigenvalue weighted by Crippen LogP contribution is 2.40. The molecular weight excluding hydrogens is 411 g/mol. The van der Waals surface area contributed by atoms with E-state index in [1.54, 1.807) is 12.1 Å². The molecule has 4 amide bonds. The number of imide groups is 2. The van der Waals surface area contributed by atoms with Gasteiger partial charge in [0, 0.05) is 11.1 Å². The van der Waals surface area contributed by atoms with Gasteiger partial charge in [-0.1, -0.05) is 47.6 Å². The molecule has 168 valence electrons. The molecule has 0 spiro atoms. The second-order valence-electron chi connectivity index (χ2n) is 9.90. The van der Waals surface area contributed by atoms with Gasteiger partial charge in [-0.3, -0.25) is 14.9 Å². The van der Waals surface area contributed by atoms with Crippen molar-refractivity contribution in [3.8, 4) is 5.75 Å². The minimum atomic E-state index is -0.945. The van der Waals surface area contributed by atoms with Gasteiger partial charge in [0.05, 0.1) is 5.69 Å². The fourth-order valence-electron chi connectivity index (χ4n) is 3.56. The first kappa shape index (κ1) is 23.2. The Morgan fingerprint density at radius 3 is 2.00 bits per heavy atom. The molecule has 0 aromatic heterocycles. The van der Waals surface area contributed by atoms with Crippen molar-refractivity contribution in [1.82, 2.24) is 5.32 Å². The molecule has 0 unspecified atom stereocenters. The maximum absolute atomic E-state index is 13.7. The summed E-state index contributed by atoms with van der Waals surface area (Å²) >= 11 is 0. The number of urea groups is 1. The maximum Gasteiger partial charge on any atom is 0.335 e. The highest BCUT2D eigenvalue weighted by Gasteiger charge is 2.37. The number of halogens is 1. The van der Waals surface area contributed by atoms with Crippen LogP contribution < -0.4 is 10.2 Å². The molecule has 0 saturated carbocycles. The normalized spacial score (nSPS) is 16.5. The number of barbiturate groups is 1. The summed E-state index contributed by atoms with van der Waals surface area (Å²) in [6.07, 6.45) is 1.39. The Morgan fingerprint density at radius 1 is 0.938 bits per heavy atom. The summed E-state index contributed by atoms with van der Waals surface area (Å²) in [4.78, 5) is 38.7. The first-order valence-electron chi connectivity index (χ1n) is 10.2. The number of carbonyl (C=O) groups excluding carboxylic acids is 3. The third-order valence-corrected chi connectivity index (χ3v) is 5.23. The molecule has 2 aromatic carbocycles. The van der Waals surface area contributed by atoms with Crippen LogP contribution in [0.3, 0.4) is 0 Å². The highest BCUT2D eigenvalue weighted by molar-refractivity contribution is 6.39. The van der Waals surface area contributed by atoms with Crippen molar-refractivity contribution in [2.75, 3.05) is 4.90 Å². The van der Waals surface area contributed by atoms with Gasteiger partial charge < -0.3 is 5.11 Å². The minimum Gasteiger partial charge on any atom is -0.507 e. The van der Waals surface area contributed by atoms with Crippen molar-refractivity contribution in [1.29, 1.82) is 0 Å². The Morgan fingerprint density at radius 2 is 1.50 bits per heavy atom. The summed E-state index contributed by atoms with van der Waals surface area (Å²) in [6.45, 7) is 11.7. The van der Waals surface area contributed by atoms with E-state index >= 15 is 0 Å². The van der Waals surface area contributed by atoms with E-state index in [2.05, 4.69) is 5.32 Å². The van der Waals surface area contributed by atoms with E-state index in [0.717, 1.165) is 11.0 Å². The highest BCUT2D eigenvalue weighted by atomic mass is 19.1. The number of benzene rings is 2. The van der Waals surface area contributed by atoms with Crippen LogP contribution in [0.4, 0.5) is 14.9 Å². The van der Waals surface area contributed by atoms with Crippen molar-refractivity contribution >= 4 is 29.6 Å². The Kier molecular flexibility index (Phi) is 5.72. The molecule has 6 nitrogen and oxygen atoms in total. The van der Waals surface area contributed by atoms with Crippen molar-refractivity contribution in [2.24, 2.45) is 0 Å². The number of nitrogens with zero attached hydrogens (tertiary/aromatic N) is 1. The Balaban J connectivity index is 2.17. The van der Waals surface area contributed by atoms with Crippen molar-refractivity contribution in [3.05, 3.63) is 64.5 Å². The van der Waals surface area contributed by atoms with Gasteiger partial charge in [-0.2, -0.15) is 0 Å². The lowest BCUT2D eigenvalue weighted by molar-refractivity contribution is -0.122. The van der Waals surface area contributed by atoms with Gasteiger partial charge in [-0.15, -0.1) is 0 Å². The van der Waals surface area contributed by atoms with Crippen LogP contribution in [0.2, 0.25) is 0 Å². The number of carbonyl (C=O) groups is 3. The van der Waals surface area contributed by atoms with E-state index in [1.165, 1.54) is 24.3 Å². The van der Waals surface area contributed by atoms with Crippen molar-refractivity contribution < 1.29 is 23.9 Å². The van der Waals surface area contributed by atoms with Crippen LogP contribution in [-0.2, 0) is 20.4 Å². The zero-order valence-electron chi connectivity index (χ0n) is 19.0. The van der Waals surface area contributed by atoms with Gasteiger partial charge in [-0.25, -0.2) is 14.1 Å². The lowest BCUT2D eigenvalue weighted by Crippen LogP contribution is -2.54. The fourth-order valence-corrected chi connectivity index (χ4v) is 3.56. The first-order chi connectivity index (χ1) is 14.7. The smallest absolute Gasteiger partial charge is 0.335 e. The monoisotopic (exact) mass is 438 g/mol. The standard InChI is InChI=1S/C25H27FN2O4/c1-24(2,3)18-11-14(12-19(20(18)29)25(4,5)6)10-17-21(30)27-23(32)28(22(17)31)16-9-7-8-15(26)13-16/h7-13,29H,1-6H3,(H,27,30,32)/b17-10+. The molecule has 1 fully saturated rings. The summed E-state index contributed by atoms with van der Waals surface area (Å²) in [5.74, 6) is -2.14. The summed E-state index contributed by atoms with van der Waals surface area (Å²) in [5, 5.41) is 13.0. The number of nitrogens with one attached hydrogen (secondary N) is 1. The molecule has 0 bridgehead atoms. The molecule has 1 aliphatic rings. The average molecular weight is 438 g/mol. The van der Waals surface area contributed by atoms with Gasteiger partial charge in [0.15, 0.2) is 0 Å². The van der Waals surface area contributed by atoms with Crippen LogP contribution in [0.5, 0.6) is 5.75 Å². The van der Waals surface area contributed by atoms with E-state index < -0.39 is 34.5 Å². The molecule has 0 radical (unpaired) electrons. The van der Waals surface area contributed by atoms with Crippen molar-refractivity contribution in [3.63, 3.8) is 0 Å². The van der Waals surface area contributed by atoms with Crippen molar-refractivity contribution in [2.45, 2.75) is 52.4 Å². The van der Waals surface area contributed by atoms with Gasteiger partial charge in [0.2, 0.25) is 0 Å². The summed E-state index contributed by atoms with van der Waals surface area (Å²) in [6, 6.07) is 7.51. The van der Waals surface area contributed by atoms with Crippen LogP contribution >= 0.6 is 0 Å². The Hall–Kier alpha value is -3.48. The first-order valence-corrected chi connectivity index (χ1v) is 10.2. The molecule has 32 heavy (non-hydrogen) atoms. The molecule has 3 rings (SSSR count). The molecule has 7 heteroatoms.